The Kier molecular flexibility index (Phi) is 5.72. The van der Waals surface area contributed by atoms with Gasteiger partial charge in [0.15, 0.2) is 0 Å². The average Bonchev–Trinajstić information content (AvgIpc) is 2.65. The number of nitrogens with one attached hydrogen (secondary N) is 1. The highest BCUT2D eigenvalue weighted by molar-refractivity contribution is 6.06. The summed E-state index contributed by atoms with van der Waals surface area (Å²) >= 11 is 0. The molecule has 0 saturated heterocycles. The molecule has 156 valence electrons. The number of nitrogens with zero attached hydrogens (tertiary/aromatic N) is 2. The number of carbonyl (C=O) groups is 1. The first kappa shape index (κ1) is 20.8. The monoisotopic (exact) mass is 423 g/mol. The minimum Gasteiger partial charge on any atom is -0.594 e. The summed E-state index contributed by atoms with van der Waals surface area (Å²) in [6.07, 6.45) is -2.72. The number of ether oxygens (including phenoxy) is 2. The van der Waals surface area contributed by atoms with Gasteiger partial charge >= 0.3 is 6.36 Å². The molecular formula is C19H13F4N3O4. The minimum absolute atomic E-state index is 0.0446. The summed E-state index contributed by atoms with van der Waals surface area (Å²) in [5, 5.41) is 17.0. The highest BCUT2D eigenvalue weighted by Crippen LogP contribution is 2.31. The molecule has 0 bridgehead atoms. The molecule has 0 aliphatic heterocycles. The van der Waals surface area contributed by atoms with Gasteiger partial charge in [-0.15, -0.1) is 13.2 Å². The molecule has 0 unspecified atom stereocenters. The first-order valence-corrected chi connectivity index (χ1v) is 8.32. The molecule has 3 aromatic rings. The Morgan fingerprint density at radius 3 is 2.40 bits per heavy atom. The van der Waals surface area contributed by atoms with Gasteiger partial charge in [0.05, 0.1) is 6.20 Å². The summed E-state index contributed by atoms with van der Waals surface area (Å²) in [5.41, 5.74) is -0.208. The van der Waals surface area contributed by atoms with E-state index in [9.17, 15) is 27.6 Å². The van der Waals surface area contributed by atoms with Crippen LogP contribution in [0.4, 0.5) is 23.2 Å². The number of hydrogen-bond donors (Lipinski definition) is 1. The molecule has 0 aliphatic rings. The lowest BCUT2D eigenvalue weighted by Crippen LogP contribution is -2.30. The zero-order chi connectivity index (χ0) is 21.9. The van der Waals surface area contributed by atoms with Gasteiger partial charge in [0, 0.05) is 5.10 Å². The largest absolute Gasteiger partial charge is 0.594 e. The van der Waals surface area contributed by atoms with Crippen molar-refractivity contribution in [2.75, 3.05) is 5.32 Å². The Morgan fingerprint density at radius 2 is 1.77 bits per heavy atom. The molecule has 11 heteroatoms. The van der Waals surface area contributed by atoms with Crippen molar-refractivity contribution in [3.63, 3.8) is 0 Å². The minimum atomic E-state index is -4.84. The molecule has 1 aromatic heterocycles. The summed E-state index contributed by atoms with van der Waals surface area (Å²) in [4.78, 5) is 12.8. The second-order valence-electron chi connectivity index (χ2n) is 5.96. The maximum Gasteiger partial charge on any atom is 0.573 e. The van der Waals surface area contributed by atoms with Crippen molar-refractivity contribution < 1.29 is 36.7 Å². The topological polar surface area (TPSA) is 87.4 Å². The molecule has 0 fully saturated rings. The maximum absolute atomic E-state index is 14.7. The van der Waals surface area contributed by atoms with Crippen LogP contribution in [0.1, 0.15) is 15.9 Å². The highest BCUT2D eigenvalue weighted by atomic mass is 19.4. The SMILES string of the molecule is Cc1ccc(Oc2ccc(OC(F)(F)F)cc2)c(C(=O)Nc2ccn[n+]([O-])c2)c1F. The van der Waals surface area contributed by atoms with Crippen molar-refractivity contribution in [3.8, 4) is 17.2 Å². The standard InChI is InChI=1S/C19H13F4N3O4/c1-11-2-7-15(29-13-3-5-14(6-4-13)30-19(21,22)23)16(17(11)20)18(27)25-12-8-9-24-26(28)10-12/h2-10H,1H3,(H,25,27). The van der Waals surface area contributed by atoms with E-state index in [2.05, 4.69) is 15.2 Å². The van der Waals surface area contributed by atoms with E-state index in [0.717, 1.165) is 24.5 Å². The van der Waals surface area contributed by atoms with Crippen LogP contribution in [0.2, 0.25) is 0 Å². The predicted molar refractivity (Wildman–Crippen MR) is 95.5 cm³/mol. The number of amides is 1. The van der Waals surface area contributed by atoms with Crippen LogP contribution >= 0.6 is 0 Å². The fourth-order valence-corrected chi connectivity index (χ4v) is 2.44. The number of rotatable bonds is 5. The van der Waals surface area contributed by atoms with Crippen LogP contribution in [-0.2, 0) is 0 Å². The van der Waals surface area contributed by atoms with Gasteiger partial charge in [-0.05, 0) is 48.9 Å². The van der Waals surface area contributed by atoms with Gasteiger partial charge in [0.25, 0.3) is 5.91 Å². The fourth-order valence-electron chi connectivity index (χ4n) is 2.44. The lowest BCUT2D eigenvalue weighted by atomic mass is 10.1. The van der Waals surface area contributed by atoms with Crippen LogP contribution in [0, 0.1) is 17.9 Å². The van der Waals surface area contributed by atoms with Crippen molar-refractivity contribution in [1.29, 1.82) is 0 Å². The Balaban J connectivity index is 1.87. The Bertz CT molecular complexity index is 1070. The number of aromatic nitrogens is 2. The van der Waals surface area contributed by atoms with Gasteiger partial charge in [-0.2, -0.15) is 0 Å². The first-order chi connectivity index (χ1) is 14.1. The van der Waals surface area contributed by atoms with E-state index in [1.807, 2.05) is 0 Å². The van der Waals surface area contributed by atoms with Crippen LogP contribution in [0.15, 0.2) is 54.9 Å². The molecule has 2 aromatic carbocycles. The van der Waals surface area contributed by atoms with E-state index in [4.69, 9.17) is 4.74 Å². The molecule has 0 aliphatic carbocycles. The Morgan fingerprint density at radius 1 is 1.10 bits per heavy atom. The van der Waals surface area contributed by atoms with Crippen LogP contribution in [0.5, 0.6) is 17.2 Å². The van der Waals surface area contributed by atoms with Crippen molar-refractivity contribution in [3.05, 3.63) is 77.0 Å². The molecule has 7 nitrogen and oxygen atoms in total. The van der Waals surface area contributed by atoms with Crippen molar-refractivity contribution >= 4 is 11.6 Å². The molecule has 0 spiro atoms. The lowest BCUT2D eigenvalue weighted by molar-refractivity contribution is -0.668. The summed E-state index contributed by atoms with van der Waals surface area (Å²) in [6, 6.07) is 8.41. The molecule has 0 saturated carbocycles. The highest BCUT2D eigenvalue weighted by Gasteiger charge is 2.31. The van der Waals surface area contributed by atoms with Crippen molar-refractivity contribution in [1.82, 2.24) is 5.10 Å². The second kappa shape index (κ2) is 8.23. The quantitative estimate of drug-likeness (QED) is 0.379. The summed E-state index contributed by atoms with van der Waals surface area (Å²) in [5.74, 6) is -2.35. The van der Waals surface area contributed by atoms with Gasteiger partial charge in [-0.1, -0.05) is 10.9 Å². The maximum atomic E-state index is 14.7. The predicted octanol–water partition coefficient (Wildman–Crippen LogP) is 4.11. The third kappa shape index (κ3) is 5.13. The van der Waals surface area contributed by atoms with Gasteiger partial charge in [0.2, 0.25) is 6.20 Å². The van der Waals surface area contributed by atoms with E-state index in [1.54, 1.807) is 0 Å². The van der Waals surface area contributed by atoms with Crippen LogP contribution in [-0.4, -0.2) is 17.4 Å². The van der Waals surface area contributed by atoms with E-state index in [-0.39, 0.29) is 27.6 Å². The molecule has 1 heterocycles. The van der Waals surface area contributed by atoms with Gasteiger partial charge in [-0.25, -0.2) is 4.39 Å². The zero-order valence-corrected chi connectivity index (χ0v) is 15.2. The number of aryl methyl sites for hydroxylation is 1. The van der Waals surface area contributed by atoms with Crippen molar-refractivity contribution in [2.45, 2.75) is 13.3 Å². The number of benzene rings is 2. The van der Waals surface area contributed by atoms with E-state index in [0.29, 0.717) is 0 Å². The molecule has 1 N–H and O–H groups in total. The normalized spacial score (nSPS) is 11.1. The number of carbonyl (C=O) groups excluding carboxylic acids is 1. The molecule has 1 amide bonds. The number of hydrogen-bond acceptors (Lipinski definition) is 5. The van der Waals surface area contributed by atoms with Gasteiger partial charge < -0.3 is 20.0 Å². The Hall–Kier alpha value is -3.89. The third-order valence-corrected chi connectivity index (χ3v) is 3.75. The van der Waals surface area contributed by atoms with Crippen molar-refractivity contribution in [2.24, 2.45) is 0 Å². The number of halogens is 4. The zero-order valence-electron chi connectivity index (χ0n) is 15.2. The van der Waals surface area contributed by atoms with Crippen LogP contribution in [0.3, 0.4) is 0 Å². The van der Waals surface area contributed by atoms with E-state index < -0.39 is 29.4 Å². The smallest absolute Gasteiger partial charge is 0.573 e. The average molecular weight is 423 g/mol. The first-order valence-electron chi connectivity index (χ1n) is 8.32. The van der Waals surface area contributed by atoms with Gasteiger partial charge in [0.1, 0.15) is 34.3 Å². The fraction of sp³-hybridized carbons (Fsp3) is 0.105. The van der Waals surface area contributed by atoms with E-state index in [1.165, 1.54) is 37.3 Å². The molecule has 3 rings (SSSR count). The molecule has 30 heavy (non-hydrogen) atoms. The summed E-state index contributed by atoms with van der Waals surface area (Å²) < 4.78 is 60.7. The third-order valence-electron chi connectivity index (χ3n) is 3.75. The molecule has 0 atom stereocenters. The van der Waals surface area contributed by atoms with Gasteiger partial charge in [-0.3, -0.25) is 4.79 Å². The van der Waals surface area contributed by atoms with Crippen LogP contribution < -0.4 is 19.6 Å². The molecular weight excluding hydrogens is 410 g/mol. The second-order valence-corrected chi connectivity index (χ2v) is 5.96. The Labute approximate surface area is 167 Å². The number of anilines is 1. The summed E-state index contributed by atoms with van der Waals surface area (Å²) in [6.45, 7) is 1.44. The lowest BCUT2D eigenvalue weighted by Gasteiger charge is -2.14. The summed E-state index contributed by atoms with van der Waals surface area (Å²) in [7, 11) is 0. The van der Waals surface area contributed by atoms with E-state index >= 15 is 0 Å². The molecule has 0 radical (unpaired) electrons. The number of alkyl halides is 3. The van der Waals surface area contributed by atoms with Crippen LogP contribution in [0.25, 0.3) is 0 Å².